The molecule has 5 rings (SSSR count). The Morgan fingerprint density at radius 1 is 1.03 bits per heavy atom. The number of nitrogens with zero attached hydrogens (tertiary/aromatic N) is 3. The molecule has 1 aliphatic carbocycles. The number of hydrogen-bond acceptors (Lipinski definition) is 4. The van der Waals surface area contributed by atoms with E-state index in [1.807, 2.05) is 53.1 Å². The molecule has 0 radical (unpaired) electrons. The van der Waals surface area contributed by atoms with E-state index in [4.69, 9.17) is 11.6 Å². The van der Waals surface area contributed by atoms with Crippen molar-refractivity contribution >= 4 is 28.5 Å². The van der Waals surface area contributed by atoms with E-state index in [0.717, 1.165) is 47.8 Å². The van der Waals surface area contributed by atoms with Gasteiger partial charge < -0.3 is 10.4 Å². The molecule has 2 N–H and O–H groups in total. The van der Waals surface area contributed by atoms with Crippen LogP contribution in [0.15, 0.2) is 65.6 Å². The van der Waals surface area contributed by atoms with E-state index in [0.29, 0.717) is 35.3 Å². The first kappa shape index (κ1) is 25.2. The molecule has 1 saturated carbocycles. The van der Waals surface area contributed by atoms with Crippen LogP contribution in [0.3, 0.4) is 0 Å². The summed E-state index contributed by atoms with van der Waals surface area (Å²) in [6.45, 7) is 2.81. The number of aliphatic hydroxyl groups is 1. The van der Waals surface area contributed by atoms with Crippen molar-refractivity contribution in [2.75, 3.05) is 0 Å². The van der Waals surface area contributed by atoms with Gasteiger partial charge in [0.15, 0.2) is 0 Å². The van der Waals surface area contributed by atoms with Crippen LogP contribution >= 0.6 is 11.6 Å². The quantitative estimate of drug-likeness (QED) is 0.371. The number of carbonyl (C=O) groups excluding carboxylic acids is 1. The van der Waals surface area contributed by atoms with Gasteiger partial charge in [-0.2, -0.15) is 0 Å². The van der Waals surface area contributed by atoms with E-state index in [1.165, 1.54) is 0 Å². The molecular formula is C29H31ClN4O3. The zero-order valence-corrected chi connectivity index (χ0v) is 21.6. The van der Waals surface area contributed by atoms with E-state index in [-0.39, 0.29) is 24.2 Å². The van der Waals surface area contributed by atoms with Crippen LogP contribution in [-0.4, -0.2) is 31.2 Å². The minimum Gasteiger partial charge on any atom is -0.392 e. The van der Waals surface area contributed by atoms with Crippen LogP contribution in [0.5, 0.6) is 0 Å². The topological polar surface area (TPSA) is 89.2 Å². The maximum Gasteiger partial charge on any atom is 0.329 e. The number of pyridine rings is 1. The Bertz CT molecular complexity index is 1480. The van der Waals surface area contributed by atoms with Crippen LogP contribution in [0, 0.1) is 12.8 Å². The summed E-state index contributed by atoms with van der Waals surface area (Å²) in [7, 11) is 0. The summed E-state index contributed by atoms with van der Waals surface area (Å²) in [5.41, 5.74) is 4.73. The van der Waals surface area contributed by atoms with Crippen molar-refractivity contribution in [3.8, 4) is 0 Å². The monoisotopic (exact) mass is 518 g/mol. The van der Waals surface area contributed by atoms with Crippen LogP contribution < -0.4 is 11.0 Å². The molecule has 2 aromatic heterocycles. The fraction of sp³-hybridized carbons (Fsp3) is 0.345. The molecular weight excluding hydrogens is 488 g/mol. The fourth-order valence-corrected chi connectivity index (χ4v) is 5.54. The first-order chi connectivity index (χ1) is 17.9. The Balaban J connectivity index is 1.29. The molecule has 2 aromatic carbocycles. The van der Waals surface area contributed by atoms with Crippen molar-refractivity contribution in [2.45, 2.75) is 58.3 Å². The van der Waals surface area contributed by atoms with Crippen molar-refractivity contribution < 1.29 is 9.90 Å². The first-order valence-corrected chi connectivity index (χ1v) is 13.1. The Kier molecular flexibility index (Phi) is 7.44. The number of carbonyl (C=O) groups is 1. The van der Waals surface area contributed by atoms with Gasteiger partial charge in [-0.1, -0.05) is 48.0 Å². The summed E-state index contributed by atoms with van der Waals surface area (Å²) < 4.78 is 3.69. The van der Waals surface area contributed by atoms with Crippen molar-refractivity contribution in [1.82, 2.24) is 19.4 Å². The molecule has 37 heavy (non-hydrogen) atoms. The molecule has 2 heterocycles. The Hall–Kier alpha value is -3.42. The molecule has 0 unspecified atom stereocenters. The highest BCUT2D eigenvalue weighted by molar-refractivity contribution is 6.30. The standard InChI is InChI=1S/C29H31ClN4O3/c1-19-25(14-23(30)15-31-19)28(36)32-24-12-10-20(11-13-24)16-33-26-8-4-5-9-27(26)34(29(33)37)17-21-6-2-3-7-22(21)18-35/h2-9,14-15,20,24,35H,10-13,16-18H2,1H3,(H,32,36)/t20-,24-. The minimum atomic E-state index is -0.140. The summed E-state index contributed by atoms with van der Waals surface area (Å²) in [5.74, 6) is 0.211. The SMILES string of the molecule is Cc1ncc(Cl)cc1C(=O)N[C@H]1CC[C@H](Cn2c(=O)n(Cc3ccccc3CO)c3ccccc32)CC1. The van der Waals surface area contributed by atoms with Crippen LogP contribution in [0.25, 0.3) is 11.0 Å². The molecule has 0 spiro atoms. The van der Waals surface area contributed by atoms with E-state index >= 15 is 0 Å². The second kappa shape index (κ2) is 10.9. The van der Waals surface area contributed by atoms with Crippen molar-refractivity contribution in [3.63, 3.8) is 0 Å². The van der Waals surface area contributed by atoms with Gasteiger partial charge in [0, 0.05) is 18.8 Å². The summed E-state index contributed by atoms with van der Waals surface area (Å²) >= 11 is 6.03. The van der Waals surface area contributed by atoms with Gasteiger partial charge in [0.2, 0.25) is 0 Å². The summed E-state index contributed by atoms with van der Waals surface area (Å²) in [5, 5.41) is 13.3. The number of halogens is 1. The van der Waals surface area contributed by atoms with Gasteiger partial charge in [0.25, 0.3) is 5.91 Å². The third kappa shape index (κ3) is 5.33. The van der Waals surface area contributed by atoms with Crippen LogP contribution in [0.1, 0.15) is 52.9 Å². The molecule has 0 saturated heterocycles. The molecule has 0 bridgehead atoms. The number of amides is 1. The Labute approximate surface area is 220 Å². The predicted octanol–water partition coefficient (Wildman–Crippen LogP) is 4.69. The molecule has 8 heteroatoms. The number of nitrogens with one attached hydrogen (secondary N) is 1. The minimum absolute atomic E-state index is 0.0340. The van der Waals surface area contributed by atoms with E-state index in [2.05, 4.69) is 10.3 Å². The second-order valence-corrected chi connectivity index (χ2v) is 10.3. The van der Waals surface area contributed by atoms with Gasteiger partial charge in [-0.25, -0.2) is 4.79 Å². The molecule has 1 aliphatic rings. The molecule has 4 aromatic rings. The number of imidazole rings is 1. The second-order valence-electron chi connectivity index (χ2n) is 9.87. The average molecular weight is 519 g/mol. The smallest absolute Gasteiger partial charge is 0.329 e. The lowest BCUT2D eigenvalue weighted by atomic mass is 9.85. The Morgan fingerprint density at radius 2 is 1.68 bits per heavy atom. The van der Waals surface area contributed by atoms with Gasteiger partial charge in [-0.05, 0) is 67.9 Å². The maximum atomic E-state index is 13.6. The molecule has 7 nitrogen and oxygen atoms in total. The number of para-hydroxylation sites is 2. The first-order valence-electron chi connectivity index (χ1n) is 12.7. The van der Waals surface area contributed by atoms with Gasteiger partial charge in [-0.15, -0.1) is 0 Å². The van der Waals surface area contributed by atoms with Crippen molar-refractivity contribution in [1.29, 1.82) is 0 Å². The molecule has 0 aliphatic heterocycles. The average Bonchev–Trinajstić information content (AvgIpc) is 3.17. The van der Waals surface area contributed by atoms with Gasteiger partial charge in [0.1, 0.15) is 0 Å². The lowest BCUT2D eigenvalue weighted by molar-refractivity contribution is 0.0919. The van der Waals surface area contributed by atoms with Crippen molar-refractivity contribution in [2.24, 2.45) is 5.92 Å². The third-order valence-electron chi connectivity index (χ3n) is 7.46. The van der Waals surface area contributed by atoms with Crippen molar-refractivity contribution in [3.05, 3.63) is 98.7 Å². The van der Waals surface area contributed by atoms with Crippen LogP contribution in [-0.2, 0) is 19.7 Å². The van der Waals surface area contributed by atoms with Gasteiger partial charge in [-0.3, -0.25) is 18.9 Å². The fourth-order valence-electron chi connectivity index (χ4n) is 5.39. The van der Waals surface area contributed by atoms with Gasteiger partial charge in [0.05, 0.1) is 40.5 Å². The number of aliphatic hydroxyl groups excluding tert-OH is 1. The van der Waals surface area contributed by atoms with E-state index < -0.39 is 0 Å². The van der Waals surface area contributed by atoms with Crippen LogP contribution in [0.2, 0.25) is 5.02 Å². The van der Waals surface area contributed by atoms with Crippen LogP contribution in [0.4, 0.5) is 0 Å². The number of fused-ring (bicyclic) bond motifs is 1. The summed E-state index contributed by atoms with van der Waals surface area (Å²) in [6, 6.07) is 17.3. The van der Waals surface area contributed by atoms with E-state index in [9.17, 15) is 14.7 Å². The highest BCUT2D eigenvalue weighted by atomic mass is 35.5. The number of benzene rings is 2. The summed E-state index contributed by atoms with van der Waals surface area (Å²) in [6.07, 6.45) is 5.12. The number of aryl methyl sites for hydroxylation is 1. The normalized spacial score (nSPS) is 17.7. The molecule has 1 fully saturated rings. The largest absolute Gasteiger partial charge is 0.392 e. The van der Waals surface area contributed by atoms with E-state index in [1.54, 1.807) is 23.8 Å². The lowest BCUT2D eigenvalue weighted by Gasteiger charge is -2.29. The third-order valence-corrected chi connectivity index (χ3v) is 7.67. The predicted molar refractivity (Wildman–Crippen MR) is 145 cm³/mol. The van der Waals surface area contributed by atoms with Gasteiger partial charge >= 0.3 is 5.69 Å². The molecule has 1 amide bonds. The number of aromatic nitrogens is 3. The molecule has 0 atom stereocenters. The number of hydrogen-bond donors (Lipinski definition) is 2. The Morgan fingerprint density at radius 3 is 2.38 bits per heavy atom. The zero-order valence-electron chi connectivity index (χ0n) is 20.9. The maximum absolute atomic E-state index is 13.6. The summed E-state index contributed by atoms with van der Waals surface area (Å²) in [4.78, 5) is 30.5. The highest BCUT2D eigenvalue weighted by Crippen LogP contribution is 2.27. The molecule has 192 valence electrons. The number of rotatable bonds is 7. The lowest BCUT2D eigenvalue weighted by Crippen LogP contribution is -2.39. The highest BCUT2D eigenvalue weighted by Gasteiger charge is 2.25. The zero-order chi connectivity index (χ0) is 25.9.